The van der Waals surface area contributed by atoms with Gasteiger partial charge in [-0.3, -0.25) is 4.79 Å². The summed E-state index contributed by atoms with van der Waals surface area (Å²) in [5.74, 6) is -0.869. The Balaban J connectivity index is 1.91. The van der Waals surface area contributed by atoms with Crippen molar-refractivity contribution in [1.29, 1.82) is 0 Å². The minimum Gasteiger partial charge on any atom is -0.481 e. The number of benzene rings is 1. The standard InChI is InChI=1S/C19H21N3O2/c1-14(2)22(11-15-6-4-3-5-7-15)17-8-9-18-20-16(10-19(23)24)12-21(18)13-17/h3-9,12-14H,10-11H2,1-2H3,(H,23,24). The van der Waals surface area contributed by atoms with E-state index in [0.717, 1.165) is 17.9 Å². The number of carboxylic acid groups (broad SMARTS) is 1. The van der Waals surface area contributed by atoms with Gasteiger partial charge in [0.25, 0.3) is 0 Å². The molecule has 124 valence electrons. The van der Waals surface area contributed by atoms with E-state index < -0.39 is 5.97 Å². The predicted octanol–water partition coefficient (Wildman–Crippen LogP) is 3.38. The second-order valence-electron chi connectivity index (χ2n) is 6.16. The molecule has 0 unspecified atom stereocenters. The van der Waals surface area contributed by atoms with Crippen molar-refractivity contribution in [1.82, 2.24) is 9.38 Å². The summed E-state index contributed by atoms with van der Waals surface area (Å²) in [6, 6.07) is 14.7. The van der Waals surface area contributed by atoms with Crippen LogP contribution in [0.4, 0.5) is 5.69 Å². The number of carboxylic acids is 1. The third-order valence-electron chi connectivity index (χ3n) is 3.97. The maximum Gasteiger partial charge on any atom is 0.309 e. The average molecular weight is 323 g/mol. The summed E-state index contributed by atoms with van der Waals surface area (Å²) in [7, 11) is 0. The van der Waals surface area contributed by atoms with Crippen LogP contribution in [0.5, 0.6) is 0 Å². The van der Waals surface area contributed by atoms with Crippen LogP contribution in [0.15, 0.2) is 54.9 Å². The molecule has 0 aliphatic heterocycles. The van der Waals surface area contributed by atoms with E-state index >= 15 is 0 Å². The minimum atomic E-state index is -0.869. The predicted molar refractivity (Wildman–Crippen MR) is 94.3 cm³/mol. The largest absolute Gasteiger partial charge is 0.481 e. The summed E-state index contributed by atoms with van der Waals surface area (Å²) in [6.07, 6.45) is 3.74. The van der Waals surface area contributed by atoms with Crippen molar-refractivity contribution in [3.63, 3.8) is 0 Å². The summed E-state index contributed by atoms with van der Waals surface area (Å²) >= 11 is 0. The third-order valence-corrected chi connectivity index (χ3v) is 3.97. The number of pyridine rings is 1. The highest BCUT2D eigenvalue weighted by Gasteiger charge is 2.13. The molecule has 0 radical (unpaired) electrons. The lowest BCUT2D eigenvalue weighted by molar-refractivity contribution is -0.136. The Morgan fingerprint density at radius 1 is 1.17 bits per heavy atom. The fourth-order valence-electron chi connectivity index (χ4n) is 2.79. The lowest BCUT2D eigenvalue weighted by atomic mass is 10.1. The van der Waals surface area contributed by atoms with E-state index in [9.17, 15) is 4.79 Å². The van der Waals surface area contributed by atoms with Crippen molar-refractivity contribution < 1.29 is 9.90 Å². The molecule has 3 rings (SSSR count). The minimum absolute atomic E-state index is 0.0606. The van der Waals surface area contributed by atoms with Crippen molar-refractivity contribution in [3.05, 3.63) is 66.1 Å². The van der Waals surface area contributed by atoms with Crippen LogP contribution in [0.2, 0.25) is 0 Å². The van der Waals surface area contributed by atoms with Crippen LogP contribution < -0.4 is 4.90 Å². The van der Waals surface area contributed by atoms with Gasteiger partial charge in [0, 0.05) is 25.0 Å². The summed E-state index contributed by atoms with van der Waals surface area (Å²) in [6.45, 7) is 5.15. The van der Waals surface area contributed by atoms with E-state index in [4.69, 9.17) is 5.11 Å². The van der Waals surface area contributed by atoms with Gasteiger partial charge in [0.1, 0.15) is 5.65 Å². The summed E-state index contributed by atoms with van der Waals surface area (Å²) in [4.78, 5) is 17.5. The van der Waals surface area contributed by atoms with Crippen LogP contribution in [0, 0.1) is 0 Å². The monoisotopic (exact) mass is 323 g/mol. The van der Waals surface area contributed by atoms with E-state index in [1.807, 2.05) is 40.9 Å². The van der Waals surface area contributed by atoms with Gasteiger partial charge in [0.2, 0.25) is 0 Å². The maximum absolute atomic E-state index is 10.9. The average Bonchev–Trinajstić information content (AvgIpc) is 2.93. The number of nitrogens with zero attached hydrogens (tertiary/aromatic N) is 3. The van der Waals surface area contributed by atoms with Crippen LogP contribution in [0.1, 0.15) is 25.1 Å². The van der Waals surface area contributed by atoms with Gasteiger partial charge in [-0.25, -0.2) is 4.98 Å². The van der Waals surface area contributed by atoms with Gasteiger partial charge in [-0.05, 0) is 31.5 Å². The number of imidazole rings is 1. The zero-order valence-electron chi connectivity index (χ0n) is 13.9. The van der Waals surface area contributed by atoms with Gasteiger partial charge < -0.3 is 14.4 Å². The Kier molecular flexibility index (Phi) is 4.51. The summed E-state index contributed by atoms with van der Waals surface area (Å²) in [5, 5.41) is 8.91. The summed E-state index contributed by atoms with van der Waals surface area (Å²) < 4.78 is 1.90. The number of hydrogen-bond donors (Lipinski definition) is 1. The van der Waals surface area contributed by atoms with Gasteiger partial charge in [-0.2, -0.15) is 0 Å². The number of rotatable bonds is 6. The molecule has 2 aromatic heterocycles. The molecule has 0 saturated carbocycles. The molecule has 2 heterocycles. The highest BCUT2D eigenvalue weighted by molar-refractivity contribution is 5.70. The topological polar surface area (TPSA) is 57.8 Å². The molecule has 0 amide bonds. The lowest BCUT2D eigenvalue weighted by Crippen LogP contribution is -2.30. The molecule has 5 nitrogen and oxygen atoms in total. The van der Waals surface area contributed by atoms with Crippen molar-refractivity contribution in [3.8, 4) is 0 Å². The molecule has 0 saturated heterocycles. The van der Waals surface area contributed by atoms with Crippen LogP contribution in [0.3, 0.4) is 0 Å². The molecule has 0 fully saturated rings. The van der Waals surface area contributed by atoms with Crippen molar-refractivity contribution in [2.45, 2.75) is 32.9 Å². The maximum atomic E-state index is 10.9. The first kappa shape index (κ1) is 16.1. The van der Waals surface area contributed by atoms with Gasteiger partial charge in [-0.15, -0.1) is 0 Å². The van der Waals surface area contributed by atoms with E-state index in [2.05, 4.69) is 35.9 Å². The fourth-order valence-corrected chi connectivity index (χ4v) is 2.79. The van der Waals surface area contributed by atoms with E-state index in [-0.39, 0.29) is 6.42 Å². The lowest BCUT2D eigenvalue weighted by Gasteiger charge is -2.29. The third kappa shape index (κ3) is 3.56. The highest BCUT2D eigenvalue weighted by atomic mass is 16.4. The molecule has 3 aromatic rings. The molecular formula is C19H21N3O2. The quantitative estimate of drug-likeness (QED) is 0.755. The second kappa shape index (κ2) is 6.74. The van der Waals surface area contributed by atoms with Crippen molar-refractivity contribution in [2.75, 3.05) is 4.90 Å². The van der Waals surface area contributed by atoms with Gasteiger partial charge in [0.05, 0.1) is 17.8 Å². The smallest absolute Gasteiger partial charge is 0.309 e. The summed E-state index contributed by atoms with van der Waals surface area (Å²) in [5.41, 5.74) is 3.67. The fraction of sp³-hybridized carbons (Fsp3) is 0.263. The molecule has 0 atom stereocenters. The molecule has 0 aliphatic carbocycles. The number of fused-ring (bicyclic) bond motifs is 1. The van der Waals surface area contributed by atoms with Crippen LogP contribution in [0.25, 0.3) is 5.65 Å². The Bertz CT molecular complexity index is 840. The zero-order valence-corrected chi connectivity index (χ0v) is 13.9. The SMILES string of the molecule is CC(C)N(Cc1ccccc1)c1ccc2nc(CC(=O)O)cn2c1. The number of aromatic nitrogens is 2. The molecule has 5 heteroatoms. The first-order valence-electron chi connectivity index (χ1n) is 8.03. The van der Waals surface area contributed by atoms with E-state index in [0.29, 0.717) is 11.7 Å². The highest BCUT2D eigenvalue weighted by Crippen LogP contribution is 2.21. The molecule has 1 aromatic carbocycles. The normalized spacial score (nSPS) is 11.1. The van der Waals surface area contributed by atoms with Crippen molar-refractivity contribution >= 4 is 17.3 Å². The first-order valence-corrected chi connectivity index (χ1v) is 8.03. The number of carbonyl (C=O) groups is 1. The Hall–Kier alpha value is -2.82. The number of hydrogen-bond acceptors (Lipinski definition) is 3. The first-order chi connectivity index (χ1) is 11.5. The molecule has 0 spiro atoms. The Morgan fingerprint density at radius 2 is 1.92 bits per heavy atom. The van der Waals surface area contributed by atoms with Gasteiger partial charge >= 0.3 is 5.97 Å². The zero-order chi connectivity index (χ0) is 17.1. The Labute approximate surface area is 141 Å². The van der Waals surface area contributed by atoms with Crippen LogP contribution in [-0.2, 0) is 17.8 Å². The van der Waals surface area contributed by atoms with E-state index in [1.54, 1.807) is 6.20 Å². The molecular weight excluding hydrogens is 302 g/mol. The number of aliphatic carboxylic acids is 1. The molecule has 1 N–H and O–H groups in total. The molecule has 0 bridgehead atoms. The van der Waals surface area contributed by atoms with Crippen LogP contribution >= 0.6 is 0 Å². The van der Waals surface area contributed by atoms with Gasteiger partial charge in [0.15, 0.2) is 0 Å². The Morgan fingerprint density at radius 3 is 2.58 bits per heavy atom. The van der Waals surface area contributed by atoms with Crippen LogP contribution in [-0.4, -0.2) is 26.5 Å². The number of anilines is 1. The molecule has 24 heavy (non-hydrogen) atoms. The second-order valence-corrected chi connectivity index (χ2v) is 6.16. The van der Waals surface area contributed by atoms with Crippen molar-refractivity contribution in [2.24, 2.45) is 0 Å². The van der Waals surface area contributed by atoms with E-state index in [1.165, 1.54) is 5.56 Å². The van der Waals surface area contributed by atoms with Gasteiger partial charge in [-0.1, -0.05) is 30.3 Å². The molecule has 0 aliphatic rings.